The zero-order valence-electron chi connectivity index (χ0n) is 9.56. The number of rotatable bonds is 4. The Morgan fingerprint density at radius 1 is 1.44 bits per heavy atom. The lowest BCUT2D eigenvalue weighted by Crippen LogP contribution is -2.12. The van der Waals surface area contributed by atoms with E-state index in [-0.39, 0.29) is 5.92 Å². The summed E-state index contributed by atoms with van der Waals surface area (Å²) in [7, 11) is 0. The third-order valence-electron chi connectivity index (χ3n) is 2.83. The van der Waals surface area contributed by atoms with Crippen molar-refractivity contribution in [2.24, 2.45) is 5.92 Å². The zero-order valence-corrected chi connectivity index (χ0v) is 10.4. The van der Waals surface area contributed by atoms with E-state index in [4.69, 9.17) is 0 Å². The van der Waals surface area contributed by atoms with E-state index in [1.165, 1.54) is 0 Å². The van der Waals surface area contributed by atoms with Gasteiger partial charge in [-0.15, -0.1) is 11.3 Å². The number of carbonyl (C=O) groups is 1. The molecular formula is C13H15NOS. The van der Waals surface area contributed by atoms with Gasteiger partial charge in [0, 0.05) is 5.92 Å². The molecule has 1 aromatic carbocycles. The SMILES string of the molecule is CCC(C)C(=O)Cc1nc2ccccc2s1. The van der Waals surface area contributed by atoms with Crippen LogP contribution < -0.4 is 0 Å². The second-order valence-corrected chi connectivity index (χ2v) is 5.14. The maximum atomic E-state index is 11.8. The van der Waals surface area contributed by atoms with E-state index in [2.05, 4.69) is 4.98 Å². The minimum atomic E-state index is 0.145. The summed E-state index contributed by atoms with van der Waals surface area (Å²) in [5.74, 6) is 0.438. The van der Waals surface area contributed by atoms with Crippen molar-refractivity contribution in [3.8, 4) is 0 Å². The molecule has 0 aliphatic heterocycles. The Kier molecular flexibility index (Phi) is 3.34. The summed E-state index contributed by atoms with van der Waals surface area (Å²) in [6.45, 7) is 4.02. The molecule has 1 unspecified atom stereocenters. The number of para-hydroxylation sites is 1. The Morgan fingerprint density at radius 2 is 2.19 bits per heavy atom. The molecule has 0 radical (unpaired) electrons. The van der Waals surface area contributed by atoms with E-state index in [9.17, 15) is 4.79 Å². The van der Waals surface area contributed by atoms with Gasteiger partial charge in [0.05, 0.1) is 16.6 Å². The summed E-state index contributed by atoms with van der Waals surface area (Å²) in [5, 5.41) is 0.937. The van der Waals surface area contributed by atoms with Crippen LogP contribution in [0.15, 0.2) is 24.3 Å². The molecule has 16 heavy (non-hydrogen) atoms. The molecule has 1 heterocycles. The van der Waals surface area contributed by atoms with E-state index in [0.717, 1.165) is 21.6 Å². The molecule has 0 amide bonds. The van der Waals surface area contributed by atoms with Gasteiger partial charge in [0.1, 0.15) is 10.8 Å². The lowest BCUT2D eigenvalue weighted by molar-refractivity contribution is -0.121. The predicted molar refractivity (Wildman–Crippen MR) is 67.8 cm³/mol. The number of hydrogen-bond acceptors (Lipinski definition) is 3. The van der Waals surface area contributed by atoms with Gasteiger partial charge >= 0.3 is 0 Å². The lowest BCUT2D eigenvalue weighted by Gasteiger charge is -2.04. The molecule has 1 aromatic heterocycles. The van der Waals surface area contributed by atoms with Gasteiger partial charge < -0.3 is 0 Å². The third-order valence-corrected chi connectivity index (χ3v) is 3.86. The zero-order chi connectivity index (χ0) is 11.5. The Balaban J connectivity index is 2.18. The number of benzene rings is 1. The molecule has 0 bridgehead atoms. The van der Waals surface area contributed by atoms with Crippen molar-refractivity contribution in [1.29, 1.82) is 0 Å². The lowest BCUT2D eigenvalue weighted by atomic mass is 10.0. The number of fused-ring (bicyclic) bond motifs is 1. The standard InChI is InChI=1S/C13H15NOS/c1-3-9(2)11(15)8-13-14-10-6-4-5-7-12(10)16-13/h4-7,9H,3,8H2,1-2H3. The highest BCUT2D eigenvalue weighted by molar-refractivity contribution is 7.18. The molecule has 2 aromatic rings. The van der Waals surface area contributed by atoms with Crippen LogP contribution in [-0.4, -0.2) is 10.8 Å². The summed E-state index contributed by atoms with van der Waals surface area (Å²) in [5.41, 5.74) is 0.999. The molecule has 0 spiro atoms. The maximum absolute atomic E-state index is 11.8. The first-order valence-corrected chi connectivity index (χ1v) is 6.39. The van der Waals surface area contributed by atoms with Crippen LogP contribution in [0.1, 0.15) is 25.3 Å². The van der Waals surface area contributed by atoms with Crippen molar-refractivity contribution in [1.82, 2.24) is 4.98 Å². The number of nitrogens with zero attached hydrogens (tertiary/aromatic N) is 1. The summed E-state index contributed by atoms with van der Waals surface area (Å²) in [4.78, 5) is 16.3. The summed E-state index contributed by atoms with van der Waals surface area (Å²) in [6.07, 6.45) is 1.39. The van der Waals surface area contributed by atoms with E-state index < -0.39 is 0 Å². The quantitative estimate of drug-likeness (QED) is 0.809. The molecule has 0 saturated carbocycles. The second-order valence-electron chi connectivity index (χ2n) is 4.03. The van der Waals surface area contributed by atoms with Crippen molar-refractivity contribution >= 4 is 27.3 Å². The maximum Gasteiger partial charge on any atom is 0.142 e. The van der Waals surface area contributed by atoms with E-state index >= 15 is 0 Å². The average Bonchev–Trinajstić information content (AvgIpc) is 2.69. The van der Waals surface area contributed by atoms with E-state index in [1.54, 1.807) is 11.3 Å². The van der Waals surface area contributed by atoms with Crippen LogP contribution in [-0.2, 0) is 11.2 Å². The van der Waals surface area contributed by atoms with Crippen molar-refractivity contribution in [2.45, 2.75) is 26.7 Å². The van der Waals surface area contributed by atoms with Gasteiger partial charge in [-0.3, -0.25) is 4.79 Å². The number of hydrogen-bond donors (Lipinski definition) is 0. The largest absolute Gasteiger partial charge is 0.299 e. The monoisotopic (exact) mass is 233 g/mol. The van der Waals surface area contributed by atoms with E-state index in [1.807, 2.05) is 38.1 Å². The minimum Gasteiger partial charge on any atom is -0.299 e. The number of aromatic nitrogens is 1. The van der Waals surface area contributed by atoms with Crippen LogP contribution in [0.5, 0.6) is 0 Å². The Labute approximate surface area is 99.3 Å². The topological polar surface area (TPSA) is 30.0 Å². The molecule has 2 nitrogen and oxygen atoms in total. The van der Waals surface area contributed by atoms with Crippen molar-refractivity contribution < 1.29 is 4.79 Å². The summed E-state index contributed by atoms with van der Waals surface area (Å²) < 4.78 is 1.16. The van der Waals surface area contributed by atoms with Gasteiger partial charge in [-0.1, -0.05) is 26.0 Å². The molecular weight excluding hydrogens is 218 g/mol. The van der Waals surface area contributed by atoms with Crippen LogP contribution in [0.3, 0.4) is 0 Å². The van der Waals surface area contributed by atoms with Gasteiger partial charge in [-0.2, -0.15) is 0 Å². The smallest absolute Gasteiger partial charge is 0.142 e. The Hall–Kier alpha value is -1.22. The number of thiazole rings is 1. The highest BCUT2D eigenvalue weighted by Gasteiger charge is 2.13. The molecule has 84 valence electrons. The third kappa shape index (κ3) is 2.30. The Bertz CT molecular complexity index is 470. The number of Topliss-reactive ketones (excluding diaryl/α,β-unsaturated/α-hetero) is 1. The average molecular weight is 233 g/mol. The fourth-order valence-corrected chi connectivity index (χ4v) is 2.52. The fraction of sp³-hybridized carbons (Fsp3) is 0.385. The van der Waals surface area contributed by atoms with Gasteiger partial charge in [0.2, 0.25) is 0 Å². The van der Waals surface area contributed by atoms with E-state index in [0.29, 0.717) is 12.2 Å². The second kappa shape index (κ2) is 4.74. The van der Waals surface area contributed by atoms with Gasteiger partial charge in [0.25, 0.3) is 0 Å². The van der Waals surface area contributed by atoms with Crippen molar-refractivity contribution in [3.63, 3.8) is 0 Å². The first-order valence-electron chi connectivity index (χ1n) is 5.58. The van der Waals surface area contributed by atoms with Crippen molar-refractivity contribution in [2.75, 3.05) is 0 Å². The number of ketones is 1. The molecule has 1 atom stereocenters. The van der Waals surface area contributed by atoms with Gasteiger partial charge in [-0.05, 0) is 18.6 Å². The van der Waals surface area contributed by atoms with Crippen LogP contribution in [0, 0.1) is 5.92 Å². The molecule has 3 heteroatoms. The molecule has 0 fully saturated rings. The molecule has 2 rings (SSSR count). The normalized spacial score (nSPS) is 12.9. The predicted octanol–water partition coefficient (Wildman–Crippen LogP) is 3.45. The first kappa shape index (κ1) is 11.3. The minimum absolute atomic E-state index is 0.145. The van der Waals surface area contributed by atoms with Crippen LogP contribution in [0.4, 0.5) is 0 Å². The highest BCUT2D eigenvalue weighted by atomic mass is 32.1. The number of carbonyl (C=O) groups excluding carboxylic acids is 1. The molecule has 0 aliphatic carbocycles. The van der Waals surface area contributed by atoms with Crippen LogP contribution in [0.25, 0.3) is 10.2 Å². The van der Waals surface area contributed by atoms with Crippen molar-refractivity contribution in [3.05, 3.63) is 29.3 Å². The highest BCUT2D eigenvalue weighted by Crippen LogP contribution is 2.22. The summed E-state index contributed by atoms with van der Waals surface area (Å²) >= 11 is 1.62. The van der Waals surface area contributed by atoms with Gasteiger partial charge in [-0.25, -0.2) is 4.98 Å². The molecule has 0 N–H and O–H groups in total. The summed E-state index contributed by atoms with van der Waals surface area (Å²) in [6, 6.07) is 8.01. The van der Waals surface area contributed by atoms with Crippen LogP contribution >= 0.6 is 11.3 Å². The fourth-order valence-electron chi connectivity index (χ4n) is 1.55. The first-order chi connectivity index (χ1) is 7.70. The van der Waals surface area contributed by atoms with Crippen LogP contribution in [0.2, 0.25) is 0 Å². The molecule has 0 aliphatic rings. The Morgan fingerprint density at radius 3 is 2.88 bits per heavy atom. The van der Waals surface area contributed by atoms with Gasteiger partial charge in [0.15, 0.2) is 0 Å². The molecule has 0 saturated heterocycles.